The molecule has 2 nitrogen and oxygen atoms in total. The largest absolute Gasteiger partial charge is 0.416 e. The van der Waals surface area contributed by atoms with Gasteiger partial charge in [0, 0.05) is 38.8 Å². The highest BCUT2D eigenvalue weighted by atomic mass is 19.4. The SMILES string of the molecule is CC(C)(C)c1ccc2c(c1)c1c(n2-c2cc(-c3cc(-n4c5ccccc5c5cc(C(C)(C)C)ccc54)cc(C(F)(F)F)c3)cc(C(F)(F)F)c2)CCC=C1. The van der Waals surface area contributed by atoms with E-state index in [9.17, 15) is 26.3 Å². The summed E-state index contributed by atoms with van der Waals surface area (Å²) in [4.78, 5) is 0. The minimum atomic E-state index is -4.76. The average molecular weight is 735 g/mol. The lowest BCUT2D eigenvalue weighted by Gasteiger charge is -2.20. The van der Waals surface area contributed by atoms with Crippen molar-refractivity contribution in [2.75, 3.05) is 0 Å². The molecular weight excluding hydrogens is 695 g/mol. The predicted octanol–water partition coefficient (Wildman–Crippen LogP) is 14.0. The van der Waals surface area contributed by atoms with Crippen molar-refractivity contribution in [1.82, 2.24) is 9.13 Å². The molecule has 5 aromatic carbocycles. The zero-order valence-electron chi connectivity index (χ0n) is 31.0. The van der Waals surface area contributed by atoms with Gasteiger partial charge in [-0.15, -0.1) is 0 Å². The van der Waals surface area contributed by atoms with Gasteiger partial charge in [-0.2, -0.15) is 26.3 Å². The van der Waals surface area contributed by atoms with Crippen LogP contribution in [0.2, 0.25) is 0 Å². The summed E-state index contributed by atoms with van der Waals surface area (Å²) in [6.45, 7) is 12.6. The van der Waals surface area contributed by atoms with Gasteiger partial charge in [-0.1, -0.05) is 84.0 Å². The number of rotatable bonds is 3. The first-order valence-corrected chi connectivity index (χ1v) is 18.1. The molecule has 2 aromatic heterocycles. The van der Waals surface area contributed by atoms with Crippen LogP contribution in [0, 0.1) is 0 Å². The molecule has 1 aliphatic carbocycles. The first kappa shape index (κ1) is 35.8. The van der Waals surface area contributed by atoms with E-state index < -0.39 is 23.5 Å². The van der Waals surface area contributed by atoms with Crippen molar-refractivity contribution in [1.29, 1.82) is 0 Å². The third kappa shape index (κ3) is 6.09. The maximum Gasteiger partial charge on any atom is 0.416 e. The van der Waals surface area contributed by atoms with E-state index in [2.05, 4.69) is 59.8 Å². The third-order valence-corrected chi connectivity index (χ3v) is 10.7. The molecule has 54 heavy (non-hydrogen) atoms. The van der Waals surface area contributed by atoms with Gasteiger partial charge in [0.1, 0.15) is 0 Å². The van der Waals surface area contributed by atoms with Crippen LogP contribution in [0.25, 0.3) is 61.3 Å². The van der Waals surface area contributed by atoms with Crippen molar-refractivity contribution in [2.24, 2.45) is 0 Å². The number of para-hydroxylation sites is 1. The van der Waals surface area contributed by atoms with Gasteiger partial charge in [0.2, 0.25) is 0 Å². The molecule has 2 heterocycles. The molecule has 0 aliphatic heterocycles. The van der Waals surface area contributed by atoms with Crippen LogP contribution in [-0.4, -0.2) is 9.13 Å². The molecule has 0 fully saturated rings. The Kier molecular flexibility index (Phi) is 8.04. The number of hydrogen-bond donors (Lipinski definition) is 0. The lowest BCUT2D eigenvalue weighted by Crippen LogP contribution is -2.11. The Labute approximate surface area is 310 Å². The highest BCUT2D eigenvalue weighted by Gasteiger charge is 2.34. The summed E-state index contributed by atoms with van der Waals surface area (Å²) in [5, 5.41) is 2.67. The number of nitrogens with zero attached hydrogens (tertiary/aromatic N) is 2. The van der Waals surface area contributed by atoms with Crippen molar-refractivity contribution in [3.05, 3.63) is 137 Å². The Balaban J connectivity index is 1.40. The van der Waals surface area contributed by atoms with Crippen molar-refractivity contribution >= 4 is 38.8 Å². The molecule has 0 unspecified atom stereocenters. The molecule has 276 valence electrons. The number of benzene rings is 5. The van der Waals surface area contributed by atoms with Gasteiger partial charge < -0.3 is 9.13 Å². The minimum Gasteiger partial charge on any atom is -0.313 e. The van der Waals surface area contributed by atoms with Crippen LogP contribution in [0.1, 0.15) is 81.5 Å². The van der Waals surface area contributed by atoms with E-state index in [1.54, 1.807) is 16.7 Å². The van der Waals surface area contributed by atoms with Gasteiger partial charge in [0.25, 0.3) is 0 Å². The predicted molar refractivity (Wildman–Crippen MR) is 208 cm³/mol. The second-order valence-corrected chi connectivity index (χ2v) is 16.5. The number of aromatic nitrogens is 2. The molecule has 1 aliphatic rings. The van der Waals surface area contributed by atoms with Crippen molar-refractivity contribution in [2.45, 2.75) is 77.6 Å². The summed E-state index contributed by atoms with van der Waals surface area (Å²) in [6, 6.07) is 26.8. The average Bonchev–Trinajstić information content (AvgIpc) is 3.62. The van der Waals surface area contributed by atoms with E-state index in [-0.39, 0.29) is 33.3 Å². The van der Waals surface area contributed by atoms with Crippen LogP contribution < -0.4 is 0 Å². The molecule has 7 aromatic rings. The summed E-state index contributed by atoms with van der Waals surface area (Å²) in [6.07, 6.45) is -4.11. The van der Waals surface area contributed by atoms with Crippen LogP contribution in [0.15, 0.2) is 103 Å². The van der Waals surface area contributed by atoms with Gasteiger partial charge >= 0.3 is 12.4 Å². The fourth-order valence-corrected chi connectivity index (χ4v) is 7.84. The summed E-state index contributed by atoms with van der Waals surface area (Å²) in [7, 11) is 0. The monoisotopic (exact) mass is 734 g/mol. The van der Waals surface area contributed by atoms with E-state index in [1.807, 2.05) is 59.2 Å². The second kappa shape index (κ2) is 12.1. The van der Waals surface area contributed by atoms with Gasteiger partial charge in [-0.3, -0.25) is 0 Å². The Morgan fingerprint density at radius 3 is 1.54 bits per heavy atom. The number of fused-ring (bicyclic) bond motifs is 6. The lowest BCUT2D eigenvalue weighted by atomic mass is 9.86. The van der Waals surface area contributed by atoms with Gasteiger partial charge in [-0.25, -0.2) is 0 Å². The topological polar surface area (TPSA) is 9.86 Å². The highest BCUT2D eigenvalue weighted by molar-refractivity contribution is 6.09. The Bertz CT molecular complexity index is 2650. The normalized spacial score (nSPS) is 14.1. The third-order valence-electron chi connectivity index (χ3n) is 10.7. The lowest BCUT2D eigenvalue weighted by molar-refractivity contribution is -0.138. The Morgan fingerprint density at radius 2 is 0.981 bits per heavy atom. The molecule has 0 saturated carbocycles. The summed E-state index contributed by atoms with van der Waals surface area (Å²) >= 11 is 0. The molecule has 0 spiro atoms. The number of halogens is 6. The summed E-state index contributed by atoms with van der Waals surface area (Å²) in [5.74, 6) is 0. The fraction of sp³-hybridized carbons (Fsp3) is 0.261. The van der Waals surface area contributed by atoms with Crippen molar-refractivity contribution < 1.29 is 26.3 Å². The quantitative estimate of drug-likeness (QED) is 0.160. The van der Waals surface area contributed by atoms with Crippen molar-refractivity contribution in [3.8, 4) is 22.5 Å². The number of allylic oxidation sites excluding steroid dienone is 1. The van der Waals surface area contributed by atoms with Gasteiger partial charge in [0.05, 0.1) is 27.7 Å². The van der Waals surface area contributed by atoms with Crippen LogP contribution in [0.5, 0.6) is 0 Å². The van der Waals surface area contributed by atoms with E-state index in [4.69, 9.17) is 0 Å². The van der Waals surface area contributed by atoms with E-state index in [0.717, 1.165) is 68.3 Å². The molecule has 0 atom stereocenters. The summed E-state index contributed by atoms with van der Waals surface area (Å²) < 4.78 is 92.3. The maximum absolute atomic E-state index is 14.8. The number of hydrogen-bond acceptors (Lipinski definition) is 0. The molecule has 0 saturated heterocycles. The standard InChI is InChI=1S/C46H40F6N2/c1-43(2,3)29-15-17-41-37(25-29)35-11-7-9-13-39(35)53(41)33-21-27(19-31(23-33)45(47,48)49)28-20-32(46(50,51)52)24-34(22-28)54-40-14-10-8-12-36(40)38-26-30(44(4,5)6)16-18-42(38)54/h7-9,11-13,15-26H,10,14H2,1-6H3. The van der Waals surface area contributed by atoms with Crippen LogP contribution in [0.3, 0.4) is 0 Å². The molecule has 8 heteroatoms. The van der Waals surface area contributed by atoms with E-state index in [0.29, 0.717) is 23.9 Å². The molecule has 0 N–H and O–H groups in total. The molecular formula is C46H40F6N2. The smallest absolute Gasteiger partial charge is 0.313 e. The van der Waals surface area contributed by atoms with Crippen LogP contribution >= 0.6 is 0 Å². The number of alkyl halides is 6. The van der Waals surface area contributed by atoms with Gasteiger partial charge in [0.15, 0.2) is 0 Å². The first-order chi connectivity index (χ1) is 25.3. The summed E-state index contributed by atoms with van der Waals surface area (Å²) in [5.41, 5.74) is 4.44. The van der Waals surface area contributed by atoms with Crippen LogP contribution in [-0.2, 0) is 29.6 Å². The fourth-order valence-electron chi connectivity index (χ4n) is 7.84. The van der Waals surface area contributed by atoms with Crippen molar-refractivity contribution in [3.63, 3.8) is 0 Å². The van der Waals surface area contributed by atoms with Crippen LogP contribution in [0.4, 0.5) is 26.3 Å². The molecule has 0 bridgehead atoms. The van der Waals surface area contributed by atoms with E-state index in [1.165, 1.54) is 0 Å². The Hall–Kier alpha value is -5.24. The Morgan fingerprint density at radius 1 is 0.481 bits per heavy atom. The highest BCUT2D eigenvalue weighted by Crippen LogP contribution is 2.43. The zero-order valence-corrected chi connectivity index (χ0v) is 31.0. The first-order valence-electron chi connectivity index (χ1n) is 18.1. The molecule has 0 amide bonds. The van der Waals surface area contributed by atoms with Gasteiger partial charge in [-0.05, 0) is 113 Å². The van der Waals surface area contributed by atoms with E-state index >= 15 is 0 Å². The second-order valence-electron chi connectivity index (χ2n) is 16.5. The zero-order chi connectivity index (χ0) is 38.5. The molecule has 0 radical (unpaired) electrons. The maximum atomic E-state index is 14.8. The molecule has 8 rings (SSSR count). The minimum absolute atomic E-state index is 0.0321.